The molecular formula is C22H18Cl2N2O3. The SMILES string of the molecule is COc1ccccc1OCc1ccc(C(=O)NN=Cc2c(Cl)cccc2Cl)cc1. The minimum absolute atomic E-state index is 0.346. The number of nitrogens with one attached hydrogen (secondary N) is 1. The highest BCUT2D eigenvalue weighted by molar-refractivity contribution is 6.38. The first-order chi connectivity index (χ1) is 14.1. The summed E-state index contributed by atoms with van der Waals surface area (Å²) in [6.45, 7) is 0.353. The van der Waals surface area contributed by atoms with Crippen molar-refractivity contribution in [3.05, 3.63) is 93.5 Å². The van der Waals surface area contributed by atoms with Gasteiger partial charge in [-0.15, -0.1) is 0 Å². The molecule has 0 aliphatic rings. The Bertz CT molecular complexity index is 1000. The molecule has 0 fully saturated rings. The van der Waals surface area contributed by atoms with Gasteiger partial charge >= 0.3 is 0 Å². The molecule has 0 atom stereocenters. The minimum atomic E-state index is -0.346. The second-order valence-corrected chi connectivity index (χ2v) is 6.79. The number of carbonyl (C=O) groups is 1. The molecule has 3 aromatic rings. The molecule has 0 saturated heterocycles. The van der Waals surface area contributed by atoms with Crippen molar-refractivity contribution < 1.29 is 14.3 Å². The van der Waals surface area contributed by atoms with Crippen molar-refractivity contribution >= 4 is 35.3 Å². The van der Waals surface area contributed by atoms with Crippen molar-refractivity contribution in [2.75, 3.05) is 7.11 Å². The summed E-state index contributed by atoms with van der Waals surface area (Å²) >= 11 is 12.1. The van der Waals surface area contributed by atoms with Crippen LogP contribution in [-0.4, -0.2) is 19.2 Å². The van der Waals surface area contributed by atoms with Gasteiger partial charge in [-0.1, -0.05) is 53.5 Å². The first-order valence-electron chi connectivity index (χ1n) is 8.70. The van der Waals surface area contributed by atoms with Crippen molar-refractivity contribution in [2.24, 2.45) is 5.10 Å². The summed E-state index contributed by atoms with van der Waals surface area (Å²) in [4.78, 5) is 12.2. The van der Waals surface area contributed by atoms with Crippen molar-refractivity contribution in [3.63, 3.8) is 0 Å². The second-order valence-electron chi connectivity index (χ2n) is 5.97. The van der Waals surface area contributed by atoms with Crippen LogP contribution >= 0.6 is 23.2 Å². The van der Waals surface area contributed by atoms with Gasteiger partial charge in [-0.2, -0.15) is 5.10 Å². The van der Waals surface area contributed by atoms with E-state index in [4.69, 9.17) is 32.7 Å². The van der Waals surface area contributed by atoms with Gasteiger partial charge in [-0.25, -0.2) is 5.43 Å². The number of hydrogen-bond donors (Lipinski definition) is 1. The lowest BCUT2D eigenvalue weighted by atomic mass is 10.1. The fourth-order valence-electron chi connectivity index (χ4n) is 2.51. The predicted molar refractivity (Wildman–Crippen MR) is 115 cm³/mol. The van der Waals surface area contributed by atoms with Gasteiger partial charge in [0.25, 0.3) is 5.91 Å². The summed E-state index contributed by atoms with van der Waals surface area (Å²) in [5.41, 5.74) is 4.38. The van der Waals surface area contributed by atoms with Crippen molar-refractivity contribution in [3.8, 4) is 11.5 Å². The van der Waals surface area contributed by atoms with Crippen LogP contribution in [0.3, 0.4) is 0 Å². The van der Waals surface area contributed by atoms with Gasteiger partial charge in [0.1, 0.15) is 6.61 Å². The lowest BCUT2D eigenvalue weighted by molar-refractivity contribution is 0.0955. The van der Waals surface area contributed by atoms with Crippen LogP contribution in [0, 0.1) is 0 Å². The number of rotatable bonds is 7. The van der Waals surface area contributed by atoms with Crippen LogP contribution in [0.15, 0.2) is 71.8 Å². The van der Waals surface area contributed by atoms with Crippen molar-refractivity contribution in [1.29, 1.82) is 0 Å². The van der Waals surface area contributed by atoms with Crippen LogP contribution in [0.4, 0.5) is 0 Å². The molecule has 7 heteroatoms. The highest BCUT2D eigenvalue weighted by Crippen LogP contribution is 2.26. The molecule has 0 aliphatic carbocycles. The third kappa shape index (κ3) is 5.50. The zero-order chi connectivity index (χ0) is 20.6. The van der Waals surface area contributed by atoms with Crippen LogP contribution in [0.5, 0.6) is 11.5 Å². The number of methoxy groups -OCH3 is 1. The third-order valence-corrected chi connectivity index (χ3v) is 4.70. The quantitative estimate of drug-likeness (QED) is 0.407. The smallest absolute Gasteiger partial charge is 0.271 e. The maximum Gasteiger partial charge on any atom is 0.271 e. The highest BCUT2D eigenvalue weighted by Gasteiger charge is 2.07. The lowest BCUT2D eigenvalue weighted by Gasteiger charge is -2.10. The summed E-state index contributed by atoms with van der Waals surface area (Å²) in [5, 5.41) is 4.83. The number of benzene rings is 3. The highest BCUT2D eigenvalue weighted by atomic mass is 35.5. The molecule has 3 aromatic carbocycles. The van der Waals surface area contributed by atoms with Crippen LogP contribution in [0.25, 0.3) is 0 Å². The maximum atomic E-state index is 12.2. The zero-order valence-electron chi connectivity index (χ0n) is 15.6. The summed E-state index contributed by atoms with van der Waals surface area (Å²) in [6.07, 6.45) is 1.41. The number of nitrogens with zero attached hydrogens (tertiary/aromatic N) is 1. The molecule has 5 nitrogen and oxygen atoms in total. The first-order valence-corrected chi connectivity index (χ1v) is 9.46. The summed E-state index contributed by atoms with van der Waals surface area (Å²) in [5.74, 6) is 0.978. The summed E-state index contributed by atoms with van der Waals surface area (Å²) in [7, 11) is 1.60. The normalized spacial score (nSPS) is 10.7. The molecule has 0 bridgehead atoms. The van der Waals surface area contributed by atoms with E-state index in [9.17, 15) is 4.79 Å². The average molecular weight is 429 g/mol. The van der Waals surface area contributed by atoms with E-state index in [0.717, 1.165) is 5.56 Å². The number of hydrogen-bond acceptors (Lipinski definition) is 4. The van der Waals surface area contributed by atoms with Crippen LogP contribution < -0.4 is 14.9 Å². The van der Waals surface area contributed by atoms with E-state index in [1.165, 1.54) is 6.21 Å². The molecule has 1 amide bonds. The van der Waals surface area contributed by atoms with Crippen LogP contribution in [0.2, 0.25) is 10.0 Å². The Morgan fingerprint density at radius 3 is 2.28 bits per heavy atom. The zero-order valence-corrected chi connectivity index (χ0v) is 17.1. The van der Waals surface area contributed by atoms with E-state index in [1.807, 2.05) is 36.4 Å². The molecule has 0 saturated carbocycles. The molecule has 0 aliphatic heterocycles. The lowest BCUT2D eigenvalue weighted by Crippen LogP contribution is -2.17. The topological polar surface area (TPSA) is 59.9 Å². The number of hydrazone groups is 1. The Morgan fingerprint density at radius 1 is 0.966 bits per heavy atom. The molecule has 29 heavy (non-hydrogen) atoms. The Kier molecular flexibility index (Phi) is 7.11. The van der Waals surface area contributed by atoms with Gasteiger partial charge in [0, 0.05) is 11.1 Å². The fraction of sp³-hybridized carbons (Fsp3) is 0.0909. The minimum Gasteiger partial charge on any atom is -0.493 e. The molecule has 148 valence electrons. The number of carbonyl (C=O) groups excluding carboxylic acids is 1. The number of para-hydroxylation sites is 2. The Labute approximate surface area is 178 Å². The van der Waals surface area contributed by atoms with Crippen molar-refractivity contribution in [2.45, 2.75) is 6.61 Å². The van der Waals surface area contributed by atoms with Crippen LogP contribution in [-0.2, 0) is 6.61 Å². The summed E-state index contributed by atoms with van der Waals surface area (Å²) < 4.78 is 11.0. The molecule has 0 unspecified atom stereocenters. The summed E-state index contributed by atoms with van der Waals surface area (Å²) in [6, 6.07) is 19.6. The Balaban J connectivity index is 1.58. The standard InChI is InChI=1S/C22H18Cl2N2O3/c1-28-20-7-2-3-8-21(20)29-14-15-9-11-16(12-10-15)22(27)26-25-13-17-18(23)5-4-6-19(17)24/h2-13H,14H2,1H3,(H,26,27). The van der Waals surface area contributed by atoms with E-state index < -0.39 is 0 Å². The van der Waals surface area contributed by atoms with Gasteiger partial charge < -0.3 is 9.47 Å². The van der Waals surface area contributed by atoms with E-state index in [2.05, 4.69) is 10.5 Å². The largest absolute Gasteiger partial charge is 0.493 e. The van der Waals surface area contributed by atoms with Gasteiger partial charge in [0.15, 0.2) is 11.5 Å². The number of ether oxygens (including phenoxy) is 2. The molecule has 0 heterocycles. The van der Waals surface area contributed by atoms with Crippen molar-refractivity contribution in [1.82, 2.24) is 5.43 Å². The Morgan fingerprint density at radius 2 is 1.62 bits per heavy atom. The van der Waals surface area contributed by atoms with E-state index in [0.29, 0.717) is 39.3 Å². The molecule has 0 radical (unpaired) electrons. The molecule has 0 spiro atoms. The molecule has 0 aromatic heterocycles. The number of amides is 1. The Hall–Kier alpha value is -3.02. The van der Waals surface area contributed by atoms with Gasteiger partial charge in [-0.3, -0.25) is 4.79 Å². The van der Waals surface area contributed by atoms with Gasteiger partial charge in [0.2, 0.25) is 0 Å². The maximum absolute atomic E-state index is 12.2. The third-order valence-electron chi connectivity index (χ3n) is 4.04. The van der Waals surface area contributed by atoms with E-state index in [1.54, 1.807) is 37.4 Å². The average Bonchev–Trinajstić information content (AvgIpc) is 2.74. The second kappa shape index (κ2) is 9.96. The monoisotopic (exact) mass is 428 g/mol. The first kappa shape index (κ1) is 20.7. The number of halogens is 2. The van der Waals surface area contributed by atoms with Gasteiger partial charge in [-0.05, 0) is 42.0 Å². The molecule has 3 rings (SSSR count). The predicted octanol–water partition coefficient (Wildman–Crippen LogP) is 5.34. The van der Waals surface area contributed by atoms with Crippen LogP contribution in [0.1, 0.15) is 21.5 Å². The fourth-order valence-corrected chi connectivity index (χ4v) is 3.00. The van der Waals surface area contributed by atoms with E-state index >= 15 is 0 Å². The molecular weight excluding hydrogens is 411 g/mol. The van der Waals surface area contributed by atoms with Gasteiger partial charge in [0.05, 0.1) is 23.4 Å². The van der Waals surface area contributed by atoms with E-state index in [-0.39, 0.29) is 5.91 Å². The molecule has 1 N–H and O–H groups in total.